The molecule has 1 aromatic carbocycles. The molecule has 0 spiro atoms. The maximum absolute atomic E-state index is 12.3. The molecule has 7 nitrogen and oxygen atoms in total. The van der Waals surface area contributed by atoms with Crippen LogP contribution in [0.25, 0.3) is 0 Å². The highest BCUT2D eigenvalue weighted by Crippen LogP contribution is 2.25. The van der Waals surface area contributed by atoms with Gasteiger partial charge in [-0.15, -0.1) is 11.3 Å². The van der Waals surface area contributed by atoms with Crippen molar-refractivity contribution in [1.82, 2.24) is 15.5 Å². The minimum Gasteiger partial charge on any atom is -0.379 e. The fourth-order valence-electron chi connectivity index (χ4n) is 3.43. The van der Waals surface area contributed by atoms with Crippen LogP contribution in [0.15, 0.2) is 46.8 Å². The van der Waals surface area contributed by atoms with E-state index in [9.17, 15) is 4.79 Å². The Labute approximate surface area is 182 Å². The fourth-order valence-corrected chi connectivity index (χ4v) is 4.29. The average Bonchev–Trinajstić information content (AvgIpc) is 3.31. The van der Waals surface area contributed by atoms with Gasteiger partial charge in [0.1, 0.15) is 0 Å². The van der Waals surface area contributed by atoms with Crippen molar-refractivity contribution < 1.29 is 9.53 Å². The number of thiophene rings is 1. The van der Waals surface area contributed by atoms with E-state index in [2.05, 4.69) is 56.3 Å². The van der Waals surface area contributed by atoms with E-state index < -0.39 is 0 Å². The molecule has 0 saturated carbocycles. The lowest BCUT2D eigenvalue weighted by Crippen LogP contribution is -2.47. The third-order valence-corrected chi connectivity index (χ3v) is 6.05. The lowest BCUT2D eigenvalue weighted by molar-refractivity contribution is -0.115. The number of carbonyl (C=O) groups is 1. The number of nitrogens with zero attached hydrogens (tertiary/aromatic N) is 2. The standard InChI is InChI=1S/C22H31N5O2S/c1-3-17-6-4-7-18(14-17)26-21(28)16-25-22(23-2)24-15-19(20-8-5-13-30-20)27-9-11-29-12-10-27/h4-8,13-14,19H,3,9-12,15-16H2,1-2H3,(H,26,28)(H2,23,24,25). The molecule has 1 aromatic heterocycles. The van der Waals surface area contributed by atoms with E-state index in [-0.39, 0.29) is 18.5 Å². The number of morpholine rings is 1. The van der Waals surface area contributed by atoms with Crippen molar-refractivity contribution in [3.05, 3.63) is 52.2 Å². The highest BCUT2D eigenvalue weighted by atomic mass is 32.1. The molecule has 1 unspecified atom stereocenters. The SMILES string of the molecule is CCc1cccc(NC(=O)CNC(=NC)NCC(c2cccs2)N2CCOCC2)c1. The summed E-state index contributed by atoms with van der Waals surface area (Å²) in [5.74, 6) is 0.511. The molecule has 1 saturated heterocycles. The second kappa shape index (κ2) is 11.7. The Bertz CT molecular complexity index is 819. The third kappa shape index (κ3) is 6.55. The Morgan fingerprint density at radius 2 is 2.07 bits per heavy atom. The third-order valence-electron chi connectivity index (χ3n) is 5.08. The lowest BCUT2D eigenvalue weighted by atomic mass is 10.1. The number of anilines is 1. The molecule has 162 valence electrons. The molecule has 3 N–H and O–H groups in total. The number of nitrogens with one attached hydrogen (secondary N) is 3. The van der Waals surface area contributed by atoms with E-state index in [1.165, 1.54) is 10.4 Å². The van der Waals surface area contributed by atoms with Crippen LogP contribution in [0.1, 0.15) is 23.4 Å². The minimum atomic E-state index is -0.103. The predicted octanol–water partition coefficient (Wildman–Crippen LogP) is 2.49. The first-order valence-corrected chi connectivity index (χ1v) is 11.3. The Kier molecular flexibility index (Phi) is 8.67. The number of aryl methyl sites for hydroxylation is 1. The zero-order chi connectivity index (χ0) is 21.2. The van der Waals surface area contributed by atoms with Crippen LogP contribution in [-0.4, -0.2) is 63.2 Å². The molecular weight excluding hydrogens is 398 g/mol. The second-order valence-corrected chi connectivity index (χ2v) is 8.07. The van der Waals surface area contributed by atoms with Crippen LogP contribution < -0.4 is 16.0 Å². The number of guanidine groups is 1. The molecule has 0 radical (unpaired) electrons. The Morgan fingerprint density at radius 3 is 2.77 bits per heavy atom. The van der Waals surface area contributed by atoms with Crippen molar-refractivity contribution in [2.24, 2.45) is 4.99 Å². The van der Waals surface area contributed by atoms with Crippen molar-refractivity contribution in [1.29, 1.82) is 0 Å². The van der Waals surface area contributed by atoms with Gasteiger partial charge in [0.05, 0.1) is 25.8 Å². The van der Waals surface area contributed by atoms with Crippen LogP contribution in [0.5, 0.6) is 0 Å². The summed E-state index contributed by atoms with van der Waals surface area (Å²) in [6.45, 7) is 6.30. The molecule has 0 bridgehead atoms. The zero-order valence-electron chi connectivity index (χ0n) is 17.7. The quantitative estimate of drug-likeness (QED) is 0.444. The Morgan fingerprint density at radius 1 is 1.23 bits per heavy atom. The highest BCUT2D eigenvalue weighted by molar-refractivity contribution is 7.10. The van der Waals surface area contributed by atoms with Gasteiger partial charge in [-0.1, -0.05) is 25.1 Å². The van der Waals surface area contributed by atoms with Gasteiger partial charge in [0.2, 0.25) is 5.91 Å². The number of ether oxygens (including phenoxy) is 1. The first kappa shape index (κ1) is 22.3. The molecule has 3 rings (SSSR count). The Balaban J connectivity index is 1.50. The Hall–Kier alpha value is -2.42. The topological polar surface area (TPSA) is 78.0 Å². The van der Waals surface area contributed by atoms with Crippen molar-refractivity contribution in [2.75, 3.05) is 51.8 Å². The van der Waals surface area contributed by atoms with Crippen molar-refractivity contribution in [3.63, 3.8) is 0 Å². The molecule has 2 heterocycles. The van der Waals surface area contributed by atoms with E-state index in [0.29, 0.717) is 12.5 Å². The molecule has 8 heteroatoms. The van der Waals surface area contributed by atoms with Gasteiger partial charge in [0.15, 0.2) is 5.96 Å². The summed E-state index contributed by atoms with van der Waals surface area (Å²) < 4.78 is 5.50. The number of hydrogen-bond donors (Lipinski definition) is 3. The maximum Gasteiger partial charge on any atom is 0.243 e. The molecule has 30 heavy (non-hydrogen) atoms. The van der Waals surface area contributed by atoms with E-state index in [1.54, 1.807) is 18.4 Å². The van der Waals surface area contributed by atoms with Crippen LogP contribution in [0.3, 0.4) is 0 Å². The number of carbonyl (C=O) groups excluding carboxylic acids is 1. The van der Waals surface area contributed by atoms with E-state index in [1.807, 2.05) is 18.2 Å². The van der Waals surface area contributed by atoms with Gasteiger partial charge in [0, 0.05) is 37.2 Å². The van der Waals surface area contributed by atoms with Crippen molar-refractivity contribution >= 4 is 28.9 Å². The normalized spacial score (nSPS) is 16.1. The van der Waals surface area contributed by atoms with Crippen LogP contribution in [0, 0.1) is 0 Å². The smallest absolute Gasteiger partial charge is 0.243 e. The minimum absolute atomic E-state index is 0.103. The maximum atomic E-state index is 12.3. The highest BCUT2D eigenvalue weighted by Gasteiger charge is 2.23. The average molecular weight is 430 g/mol. The van der Waals surface area contributed by atoms with Gasteiger partial charge in [0.25, 0.3) is 0 Å². The molecule has 1 fully saturated rings. The molecule has 1 amide bonds. The molecule has 0 aliphatic carbocycles. The predicted molar refractivity (Wildman–Crippen MR) is 123 cm³/mol. The van der Waals surface area contributed by atoms with E-state index in [4.69, 9.17) is 4.74 Å². The fraction of sp³-hybridized carbons (Fsp3) is 0.455. The van der Waals surface area contributed by atoms with E-state index >= 15 is 0 Å². The summed E-state index contributed by atoms with van der Waals surface area (Å²) >= 11 is 1.76. The van der Waals surface area contributed by atoms with Crippen LogP contribution in [-0.2, 0) is 16.0 Å². The van der Waals surface area contributed by atoms with Gasteiger partial charge in [-0.25, -0.2) is 0 Å². The largest absolute Gasteiger partial charge is 0.379 e. The summed E-state index contributed by atoms with van der Waals surface area (Å²) in [4.78, 5) is 20.3. The van der Waals surface area contributed by atoms with Crippen LogP contribution in [0.4, 0.5) is 5.69 Å². The molecule has 1 atom stereocenters. The summed E-state index contributed by atoms with van der Waals surface area (Å²) in [7, 11) is 1.72. The summed E-state index contributed by atoms with van der Waals surface area (Å²) in [5.41, 5.74) is 2.01. The van der Waals surface area contributed by atoms with Gasteiger partial charge in [-0.3, -0.25) is 14.7 Å². The van der Waals surface area contributed by atoms with Gasteiger partial charge in [-0.05, 0) is 35.6 Å². The van der Waals surface area contributed by atoms with Gasteiger partial charge < -0.3 is 20.7 Å². The first-order chi connectivity index (χ1) is 14.7. The summed E-state index contributed by atoms with van der Waals surface area (Å²) in [6.07, 6.45) is 0.938. The number of benzene rings is 1. The monoisotopic (exact) mass is 429 g/mol. The number of amides is 1. The van der Waals surface area contributed by atoms with Crippen molar-refractivity contribution in [2.45, 2.75) is 19.4 Å². The van der Waals surface area contributed by atoms with Gasteiger partial charge in [-0.2, -0.15) is 0 Å². The molecular formula is C22H31N5O2S. The van der Waals surface area contributed by atoms with Crippen LogP contribution in [0.2, 0.25) is 0 Å². The number of rotatable bonds is 8. The lowest BCUT2D eigenvalue weighted by Gasteiger charge is -2.34. The summed E-state index contributed by atoms with van der Waals surface area (Å²) in [6, 6.07) is 12.4. The zero-order valence-corrected chi connectivity index (χ0v) is 18.5. The number of aliphatic imine (C=N–C) groups is 1. The van der Waals surface area contributed by atoms with Crippen LogP contribution >= 0.6 is 11.3 Å². The first-order valence-electron chi connectivity index (χ1n) is 10.4. The number of hydrogen-bond acceptors (Lipinski definition) is 5. The molecule has 2 aromatic rings. The molecule has 1 aliphatic heterocycles. The molecule has 1 aliphatic rings. The summed E-state index contributed by atoms with van der Waals surface area (Å²) in [5, 5.41) is 11.5. The van der Waals surface area contributed by atoms with Crippen molar-refractivity contribution in [3.8, 4) is 0 Å². The van der Waals surface area contributed by atoms with E-state index in [0.717, 1.165) is 38.4 Å². The second-order valence-electron chi connectivity index (χ2n) is 7.09. The van der Waals surface area contributed by atoms with Gasteiger partial charge >= 0.3 is 0 Å².